The van der Waals surface area contributed by atoms with Crippen LogP contribution in [0.3, 0.4) is 0 Å². The Morgan fingerprint density at radius 1 is 1.00 bits per heavy atom. The lowest BCUT2D eigenvalue weighted by Gasteiger charge is -2.09. The van der Waals surface area contributed by atoms with Crippen molar-refractivity contribution in [3.8, 4) is 0 Å². The molecule has 0 bridgehead atoms. The quantitative estimate of drug-likeness (QED) is 0.734. The van der Waals surface area contributed by atoms with Crippen LogP contribution in [-0.4, -0.2) is 11.8 Å². The fraction of sp³-hybridized carbons (Fsp3) is 0.125. The Labute approximate surface area is 143 Å². The number of carbonyl (C=O) groups excluding carboxylic acids is 2. The van der Waals surface area contributed by atoms with E-state index in [1.165, 1.54) is 6.92 Å². The highest BCUT2D eigenvalue weighted by Gasteiger charge is 2.09. The van der Waals surface area contributed by atoms with Crippen LogP contribution in [0, 0.1) is 0 Å². The summed E-state index contributed by atoms with van der Waals surface area (Å²) < 4.78 is 0. The van der Waals surface area contributed by atoms with Crippen LogP contribution >= 0.6 is 23.2 Å². The van der Waals surface area contributed by atoms with Gasteiger partial charge in [-0.3, -0.25) is 9.59 Å². The zero-order chi connectivity index (χ0) is 17.0. The maximum Gasteiger partial charge on any atom is 0.228 e. The summed E-state index contributed by atoms with van der Waals surface area (Å²) in [5, 5.41) is 5.94. The van der Waals surface area contributed by atoms with Crippen molar-refractivity contribution in [2.45, 2.75) is 13.3 Å². The summed E-state index contributed by atoms with van der Waals surface area (Å²) in [5.41, 5.74) is 7.89. The molecule has 0 aromatic heterocycles. The molecule has 23 heavy (non-hydrogen) atoms. The standard InChI is InChI=1S/C16H15Cl2N3O2/c1-9(22)20-11-4-2-10(3-5-11)6-15(23)21-12-7-13(17)16(19)14(18)8-12/h2-5,7-8H,6,19H2,1H3,(H,20,22)(H,21,23). The van der Waals surface area contributed by atoms with Gasteiger partial charge in [0.1, 0.15) is 0 Å². The maximum atomic E-state index is 12.1. The normalized spacial score (nSPS) is 10.2. The van der Waals surface area contributed by atoms with Gasteiger partial charge in [-0.05, 0) is 29.8 Å². The molecule has 2 rings (SSSR count). The number of hydrogen-bond acceptors (Lipinski definition) is 3. The number of nitrogen functional groups attached to an aromatic ring is 1. The minimum Gasteiger partial charge on any atom is -0.396 e. The second-order valence-corrected chi connectivity index (χ2v) is 5.77. The van der Waals surface area contributed by atoms with E-state index in [1.807, 2.05) is 0 Å². The fourth-order valence-corrected chi connectivity index (χ4v) is 2.44. The fourth-order valence-electron chi connectivity index (χ4n) is 1.96. The number of amides is 2. The number of rotatable bonds is 4. The number of nitrogens with one attached hydrogen (secondary N) is 2. The average molecular weight is 352 g/mol. The van der Waals surface area contributed by atoms with Gasteiger partial charge in [-0.25, -0.2) is 0 Å². The topological polar surface area (TPSA) is 84.2 Å². The van der Waals surface area contributed by atoms with Crippen molar-refractivity contribution in [1.29, 1.82) is 0 Å². The van der Waals surface area contributed by atoms with E-state index in [2.05, 4.69) is 10.6 Å². The average Bonchev–Trinajstić information content (AvgIpc) is 2.46. The van der Waals surface area contributed by atoms with Crippen molar-refractivity contribution in [1.82, 2.24) is 0 Å². The van der Waals surface area contributed by atoms with E-state index < -0.39 is 0 Å². The van der Waals surface area contributed by atoms with Crippen LogP contribution in [0.1, 0.15) is 12.5 Å². The molecule has 0 radical (unpaired) electrons. The van der Waals surface area contributed by atoms with Crippen molar-refractivity contribution < 1.29 is 9.59 Å². The summed E-state index contributed by atoms with van der Waals surface area (Å²) in [6.07, 6.45) is 0.181. The van der Waals surface area contributed by atoms with Crippen LogP contribution in [0.25, 0.3) is 0 Å². The van der Waals surface area contributed by atoms with Gasteiger partial charge in [0.05, 0.1) is 22.2 Å². The number of anilines is 3. The minimum atomic E-state index is -0.214. The van der Waals surface area contributed by atoms with Gasteiger partial charge < -0.3 is 16.4 Å². The molecular formula is C16H15Cl2N3O2. The number of benzene rings is 2. The predicted molar refractivity (Wildman–Crippen MR) is 94.0 cm³/mol. The summed E-state index contributed by atoms with van der Waals surface area (Å²) in [7, 11) is 0. The van der Waals surface area contributed by atoms with Gasteiger partial charge in [0.2, 0.25) is 11.8 Å². The first-order valence-corrected chi connectivity index (χ1v) is 7.51. The molecule has 7 heteroatoms. The molecule has 0 aliphatic heterocycles. The van der Waals surface area contributed by atoms with Crippen LogP contribution in [0.5, 0.6) is 0 Å². The molecule has 0 heterocycles. The minimum absolute atomic E-state index is 0.146. The first-order valence-electron chi connectivity index (χ1n) is 6.76. The molecule has 0 fully saturated rings. The van der Waals surface area contributed by atoms with Crippen molar-refractivity contribution in [2.24, 2.45) is 0 Å². The van der Waals surface area contributed by atoms with Crippen molar-refractivity contribution in [2.75, 3.05) is 16.4 Å². The highest BCUT2D eigenvalue weighted by molar-refractivity contribution is 6.39. The van der Waals surface area contributed by atoms with E-state index in [0.717, 1.165) is 5.56 Å². The van der Waals surface area contributed by atoms with Crippen molar-refractivity contribution in [3.05, 3.63) is 52.0 Å². The van der Waals surface area contributed by atoms with Gasteiger partial charge >= 0.3 is 0 Å². The molecule has 0 spiro atoms. The first kappa shape index (κ1) is 17.1. The van der Waals surface area contributed by atoms with Crippen LogP contribution in [-0.2, 0) is 16.0 Å². The second-order valence-electron chi connectivity index (χ2n) is 4.96. The van der Waals surface area contributed by atoms with Gasteiger partial charge in [-0.15, -0.1) is 0 Å². The highest BCUT2D eigenvalue weighted by atomic mass is 35.5. The highest BCUT2D eigenvalue weighted by Crippen LogP contribution is 2.31. The lowest BCUT2D eigenvalue weighted by Crippen LogP contribution is -2.14. The Morgan fingerprint density at radius 3 is 2.09 bits per heavy atom. The third-order valence-corrected chi connectivity index (χ3v) is 3.63. The molecule has 2 aromatic rings. The van der Waals surface area contributed by atoms with Gasteiger partial charge in [-0.1, -0.05) is 35.3 Å². The smallest absolute Gasteiger partial charge is 0.228 e. The van der Waals surface area contributed by atoms with E-state index in [-0.39, 0.29) is 34.0 Å². The van der Waals surface area contributed by atoms with Gasteiger partial charge in [-0.2, -0.15) is 0 Å². The number of carbonyl (C=O) groups is 2. The van der Waals surface area contributed by atoms with Gasteiger partial charge in [0.25, 0.3) is 0 Å². The van der Waals surface area contributed by atoms with E-state index in [4.69, 9.17) is 28.9 Å². The summed E-state index contributed by atoms with van der Waals surface area (Å²) in [6, 6.07) is 10.1. The molecule has 4 N–H and O–H groups in total. The molecular weight excluding hydrogens is 337 g/mol. The van der Waals surface area contributed by atoms with Crippen LogP contribution in [0.15, 0.2) is 36.4 Å². The van der Waals surface area contributed by atoms with Crippen LogP contribution in [0.2, 0.25) is 10.0 Å². The molecule has 2 aromatic carbocycles. The van der Waals surface area contributed by atoms with Crippen LogP contribution < -0.4 is 16.4 Å². The van der Waals surface area contributed by atoms with E-state index in [9.17, 15) is 9.59 Å². The molecule has 5 nitrogen and oxygen atoms in total. The third-order valence-electron chi connectivity index (χ3n) is 3.00. The van der Waals surface area contributed by atoms with E-state index >= 15 is 0 Å². The van der Waals surface area contributed by atoms with E-state index in [1.54, 1.807) is 36.4 Å². The van der Waals surface area contributed by atoms with Crippen LogP contribution in [0.4, 0.5) is 17.1 Å². The largest absolute Gasteiger partial charge is 0.396 e. The van der Waals surface area contributed by atoms with E-state index in [0.29, 0.717) is 11.4 Å². The number of halogens is 2. The SMILES string of the molecule is CC(=O)Nc1ccc(CC(=O)Nc2cc(Cl)c(N)c(Cl)c2)cc1. The number of nitrogens with two attached hydrogens (primary N) is 1. The summed E-state index contributed by atoms with van der Waals surface area (Å²) >= 11 is 11.9. The molecule has 0 aliphatic carbocycles. The molecule has 0 saturated carbocycles. The summed E-state index contributed by atoms with van der Waals surface area (Å²) in [5.74, 6) is -0.359. The Bertz CT molecular complexity index is 722. The molecule has 0 atom stereocenters. The third kappa shape index (κ3) is 4.87. The first-order chi connectivity index (χ1) is 10.8. The Hall–Kier alpha value is -2.24. The zero-order valence-electron chi connectivity index (χ0n) is 12.3. The van der Waals surface area contributed by atoms with Crippen molar-refractivity contribution in [3.63, 3.8) is 0 Å². The number of hydrogen-bond donors (Lipinski definition) is 3. The van der Waals surface area contributed by atoms with Crippen molar-refractivity contribution >= 4 is 52.1 Å². The predicted octanol–water partition coefficient (Wildman–Crippen LogP) is 3.72. The molecule has 0 unspecified atom stereocenters. The summed E-state index contributed by atoms with van der Waals surface area (Å²) in [6.45, 7) is 1.43. The zero-order valence-corrected chi connectivity index (χ0v) is 13.8. The molecule has 0 saturated heterocycles. The van der Waals surface area contributed by atoms with Gasteiger partial charge in [0.15, 0.2) is 0 Å². The second kappa shape index (κ2) is 7.35. The Morgan fingerprint density at radius 2 is 1.57 bits per heavy atom. The lowest BCUT2D eigenvalue weighted by molar-refractivity contribution is -0.116. The summed E-state index contributed by atoms with van der Waals surface area (Å²) in [4.78, 5) is 23.0. The Balaban J connectivity index is 2.01. The monoisotopic (exact) mass is 351 g/mol. The molecule has 0 aliphatic rings. The maximum absolute atomic E-state index is 12.1. The lowest BCUT2D eigenvalue weighted by atomic mass is 10.1. The molecule has 120 valence electrons. The Kier molecular flexibility index (Phi) is 5.47. The molecule has 2 amide bonds. The van der Waals surface area contributed by atoms with Gasteiger partial charge in [0, 0.05) is 18.3 Å².